The molecular formula is C7H7N3O2S. The van der Waals surface area contributed by atoms with E-state index in [4.69, 9.17) is 11.5 Å². The van der Waals surface area contributed by atoms with E-state index >= 15 is 0 Å². The number of anilines is 1. The Bertz CT molecular complexity index is 378. The Morgan fingerprint density at radius 1 is 1.54 bits per heavy atom. The van der Waals surface area contributed by atoms with Crippen LogP contribution >= 0.6 is 12.2 Å². The van der Waals surface area contributed by atoms with Crippen molar-refractivity contribution in [3.63, 3.8) is 0 Å². The second-order valence-corrected chi connectivity index (χ2v) is 2.80. The van der Waals surface area contributed by atoms with Gasteiger partial charge in [-0.05, 0) is 6.07 Å². The summed E-state index contributed by atoms with van der Waals surface area (Å²) in [4.78, 5) is 9.88. The number of thiocarbonyl (C=S) groups is 1. The molecule has 0 radical (unpaired) electrons. The topological polar surface area (TPSA) is 95.2 Å². The van der Waals surface area contributed by atoms with E-state index in [2.05, 4.69) is 12.2 Å². The Balaban J connectivity index is 3.43. The van der Waals surface area contributed by atoms with E-state index in [0.717, 1.165) is 0 Å². The number of nitrogen functional groups attached to an aromatic ring is 1. The lowest BCUT2D eigenvalue weighted by molar-refractivity contribution is -0.384. The number of nitrogens with zero attached hydrogens (tertiary/aromatic N) is 1. The second kappa shape index (κ2) is 3.36. The summed E-state index contributed by atoms with van der Waals surface area (Å²) in [6.45, 7) is 0. The van der Waals surface area contributed by atoms with E-state index in [-0.39, 0.29) is 21.9 Å². The molecule has 0 fully saturated rings. The van der Waals surface area contributed by atoms with Crippen molar-refractivity contribution in [1.82, 2.24) is 0 Å². The minimum atomic E-state index is -0.565. The highest BCUT2D eigenvalue weighted by Gasteiger charge is 2.17. The summed E-state index contributed by atoms with van der Waals surface area (Å²) < 4.78 is 0. The highest BCUT2D eigenvalue weighted by molar-refractivity contribution is 7.80. The quantitative estimate of drug-likeness (QED) is 0.316. The van der Waals surface area contributed by atoms with E-state index in [0.29, 0.717) is 0 Å². The van der Waals surface area contributed by atoms with Crippen molar-refractivity contribution in [3.05, 3.63) is 33.9 Å². The summed E-state index contributed by atoms with van der Waals surface area (Å²) in [5.74, 6) is 0. The summed E-state index contributed by atoms with van der Waals surface area (Å²) in [5, 5.41) is 10.5. The van der Waals surface area contributed by atoms with Crippen molar-refractivity contribution in [2.75, 3.05) is 5.73 Å². The first-order chi connectivity index (χ1) is 6.04. The van der Waals surface area contributed by atoms with Gasteiger partial charge in [-0.15, -0.1) is 0 Å². The molecular weight excluding hydrogens is 190 g/mol. The van der Waals surface area contributed by atoms with Gasteiger partial charge in [0.15, 0.2) is 0 Å². The molecule has 6 heteroatoms. The number of nitro groups is 1. The number of nitrogens with two attached hydrogens (primary N) is 2. The predicted octanol–water partition coefficient (Wildman–Crippen LogP) is 0.811. The van der Waals surface area contributed by atoms with Gasteiger partial charge in [-0.2, -0.15) is 0 Å². The molecule has 0 atom stereocenters. The smallest absolute Gasteiger partial charge is 0.281 e. The zero-order chi connectivity index (χ0) is 10.0. The summed E-state index contributed by atoms with van der Waals surface area (Å²) in [6, 6.07) is 4.31. The van der Waals surface area contributed by atoms with Crippen LogP contribution in [0.3, 0.4) is 0 Å². The number of benzene rings is 1. The van der Waals surface area contributed by atoms with E-state index in [1.807, 2.05) is 0 Å². The molecule has 1 aromatic rings. The molecule has 0 aromatic heterocycles. The van der Waals surface area contributed by atoms with Gasteiger partial charge in [-0.25, -0.2) is 0 Å². The van der Waals surface area contributed by atoms with Crippen LogP contribution in [0.1, 0.15) is 5.56 Å². The molecule has 68 valence electrons. The fourth-order valence-corrected chi connectivity index (χ4v) is 1.20. The Kier molecular flexibility index (Phi) is 2.43. The van der Waals surface area contributed by atoms with Gasteiger partial charge in [0.25, 0.3) is 5.69 Å². The Morgan fingerprint density at radius 3 is 2.54 bits per heavy atom. The van der Waals surface area contributed by atoms with Crippen molar-refractivity contribution in [1.29, 1.82) is 0 Å². The van der Waals surface area contributed by atoms with Gasteiger partial charge in [0.05, 0.1) is 4.92 Å². The normalized spacial score (nSPS) is 9.54. The summed E-state index contributed by atoms with van der Waals surface area (Å²) in [6.07, 6.45) is 0. The van der Waals surface area contributed by atoms with E-state index < -0.39 is 4.92 Å². The molecule has 0 saturated heterocycles. The first-order valence-electron chi connectivity index (χ1n) is 3.36. The van der Waals surface area contributed by atoms with Crippen LogP contribution in [0.5, 0.6) is 0 Å². The van der Waals surface area contributed by atoms with Gasteiger partial charge in [0, 0.05) is 11.8 Å². The average molecular weight is 197 g/mol. The molecule has 0 aliphatic carbocycles. The molecule has 0 heterocycles. The molecule has 1 aromatic carbocycles. The molecule has 5 nitrogen and oxygen atoms in total. The Labute approximate surface area is 79.5 Å². The maximum Gasteiger partial charge on any atom is 0.281 e. The minimum Gasteiger partial charge on any atom is -0.398 e. The fourth-order valence-electron chi connectivity index (χ4n) is 0.978. The highest BCUT2D eigenvalue weighted by Crippen LogP contribution is 2.23. The molecule has 13 heavy (non-hydrogen) atoms. The Hall–Kier alpha value is -1.69. The van der Waals surface area contributed by atoms with Gasteiger partial charge in [-0.3, -0.25) is 10.1 Å². The van der Waals surface area contributed by atoms with Crippen LogP contribution in [0.25, 0.3) is 0 Å². The van der Waals surface area contributed by atoms with Crippen LogP contribution in [0.2, 0.25) is 0 Å². The molecule has 0 unspecified atom stereocenters. The van der Waals surface area contributed by atoms with E-state index in [1.165, 1.54) is 18.2 Å². The van der Waals surface area contributed by atoms with Crippen LogP contribution < -0.4 is 11.5 Å². The molecule has 0 spiro atoms. The molecule has 1 rings (SSSR count). The van der Waals surface area contributed by atoms with Crippen molar-refractivity contribution >= 4 is 28.6 Å². The molecule has 0 aliphatic rings. The third-order valence-electron chi connectivity index (χ3n) is 1.52. The van der Waals surface area contributed by atoms with Crippen LogP contribution in [0.15, 0.2) is 18.2 Å². The van der Waals surface area contributed by atoms with Crippen molar-refractivity contribution in [3.8, 4) is 0 Å². The van der Waals surface area contributed by atoms with Crippen molar-refractivity contribution in [2.45, 2.75) is 0 Å². The first-order valence-corrected chi connectivity index (χ1v) is 3.77. The van der Waals surface area contributed by atoms with Crippen molar-refractivity contribution in [2.24, 2.45) is 5.73 Å². The minimum absolute atomic E-state index is 0.0650. The van der Waals surface area contributed by atoms with E-state index in [9.17, 15) is 10.1 Å². The fraction of sp³-hybridized carbons (Fsp3) is 0. The Morgan fingerprint density at radius 2 is 2.15 bits per heavy atom. The third kappa shape index (κ3) is 1.73. The monoisotopic (exact) mass is 197 g/mol. The largest absolute Gasteiger partial charge is 0.398 e. The van der Waals surface area contributed by atoms with Crippen LogP contribution in [0, 0.1) is 10.1 Å². The molecule has 0 saturated carbocycles. The van der Waals surface area contributed by atoms with Crippen LogP contribution in [-0.4, -0.2) is 9.91 Å². The van der Waals surface area contributed by atoms with Gasteiger partial charge in [-0.1, -0.05) is 18.3 Å². The molecule has 0 aliphatic heterocycles. The van der Waals surface area contributed by atoms with Crippen molar-refractivity contribution < 1.29 is 4.92 Å². The van der Waals surface area contributed by atoms with Gasteiger partial charge in [0.1, 0.15) is 10.6 Å². The third-order valence-corrected chi connectivity index (χ3v) is 1.72. The summed E-state index contributed by atoms with van der Waals surface area (Å²) >= 11 is 4.65. The lowest BCUT2D eigenvalue weighted by Gasteiger charge is -2.03. The number of nitro benzene ring substituents is 1. The van der Waals surface area contributed by atoms with Gasteiger partial charge in [0.2, 0.25) is 0 Å². The number of rotatable bonds is 2. The number of hydrogen-bond acceptors (Lipinski definition) is 4. The zero-order valence-electron chi connectivity index (χ0n) is 6.56. The summed E-state index contributed by atoms with van der Waals surface area (Å²) in [7, 11) is 0. The lowest BCUT2D eigenvalue weighted by atomic mass is 10.1. The molecule has 0 bridgehead atoms. The number of hydrogen-bond donors (Lipinski definition) is 2. The molecule has 0 amide bonds. The van der Waals surface area contributed by atoms with Crippen LogP contribution in [0.4, 0.5) is 11.4 Å². The predicted molar refractivity (Wildman–Crippen MR) is 53.4 cm³/mol. The second-order valence-electron chi connectivity index (χ2n) is 2.36. The summed E-state index contributed by atoms with van der Waals surface area (Å²) in [5.41, 5.74) is 11.0. The standard InChI is InChI=1S/C7H7N3O2S/c8-4-2-1-3-5(10(11)12)6(4)7(9)13/h1-3H,8H2,(H2,9,13). The average Bonchev–Trinajstić information content (AvgIpc) is 2.02. The van der Waals surface area contributed by atoms with E-state index in [1.54, 1.807) is 0 Å². The van der Waals surface area contributed by atoms with Gasteiger partial charge >= 0.3 is 0 Å². The first kappa shape index (κ1) is 9.40. The highest BCUT2D eigenvalue weighted by atomic mass is 32.1. The molecule has 4 N–H and O–H groups in total. The maximum absolute atomic E-state index is 10.5. The lowest BCUT2D eigenvalue weighted by Crippen LogP contribution is -2.14. The maximum atomic E-state index is 10.5. The zero-order valence-corrected chi connectivity index (χ0v) is 7.38. The SMILES string of the molecule is NC(=S)c1c(N)cccc1[N+](=O)[O-]. The van der Waals surface area contributed by atoms with Gasteiger partial charge < -0.3 is 11.5 Å². The van der Waals surface area contributed by atoms with Crippen LogP contribution in [-0.2, 0) is 0 Å².